The predicted molar refractivity (Wildman–Crippen MR) is 62.5 cm³/mol. The Kier molecular flexibility index (Phi) is 3.33. The smallest absolute Gasteiger partial charge is 0.349 e. The van der Waals surface area contributed by atoms with E-state index in [1.165, 1.54) is 0 Å². The predicted octanol–water partition coefficient (Wildman–Crippen LogP) is 1.49. The van der Waals surface area contributed by atoms with Gasteiger partial charge in [0.15, 0.2) is 11.0 Å². The summed E-state index contributed by atoms with van der Waals surface area (Å²) in [4.78, 5) is 22.6. The second-order valence-corrected chi connectivity index (χ2v) is 4.88. The lowest BCUT2D eigenvalue weighted by Gasteiger charge is -2.13. The van der Waals surface area contributed by atoms with Gasteiger partial charge in [-0.2, -0.15) is 0 Å². The fraction of sp³-hybridized carbons (Fsp3) is 0.455. The van der Waals surface area contributed by atoms with E-state index in [9.17, 15) is 9.59 Å². The molecule has 2 rings (SSSR count). The zero-order chi connectivity index (χ0) is 12.4. The van der Waals surface area contributed by atoms with E-state index in [1.54, 1.807) is 18.4 Å². The molecule has 1 aromatic heterocycles. The van der Waals surface area contributed by atoms with Gasteiger partial charge in [-0.1, -0.05) is 0 Å². The average Bonchev–Trinajstić information content (AvgIpc) is 2.94. The van der Waals surface area contributed by atoms with Crippen LogP contribution in [0.1, 0.15) is 29.4 Å². The van der Waals surface area contributed by atoms with Crippen molar-refractivity contribution in [1.82, 2.24) is 5.32 Å². The Morgan fingerprint density at radius 3 is 2.88 bits per heavy atom. The third-order valence-electron chi connectivity index (χ3n) is 2.42. The molecule has 92 valence electrons. The van der Waals surface area contributed by atoms with Gasteiger partial charge in [-0.05, 0) is 31.2 Å². The van der Waals surface area contributed by atoms with Crippen LogP contribution in [-0.2, 0) is 4.79 Å². The van der Waals surface area contributed by atoms with Gasteiger partial charge in [-0.25, -0.2) is 4.79 Å². The molecule has 0 aromatic carbocycles. The van der Waals surface area contributed by atoms with Crippen molar-refractivity contribution in [3.63, 3.8) is 0 Å². The summed E-state index contributed by atoms with van der Waals surface area (Å²) in [5.74, 6) is -0.985. The van der Waals surface area contributed by atoms with Gasteiger partial charge in [0.25, 0.3) is 5.91 Å². The number of amides is 1. The van der Waals surface area contributed by atoms with Gasteiger partial charge in [0, 0.05) is 6.04 Å². The molecular weight excluding hydrogens is 242 g/mol. The van der Waals surface area contributed by atoms with Crippen LogP contribution in [0.15, 0.2) is 11.4 Å². The molecule has 1 aromatic rings. The molecule has 5 nitrogen and oxygen atoms in total. The minimum absolute atomic E-state index is 0.121. The van der Waals surface area contributed by atoms with E-state index >= 15 is 0 Å². The van der Waals surface area contributed by atoms with Crippen LogP contribution in [0.5, 0.6) is 5.75 Å². The van der Waals surface area contributed by atoms with Crippen molar-refractivity contribution in [3.8, 4) is 5.75 Å². The van der Waals surface area contributed by atoms with E-state index in [4.69, 9.17) is 9.84 Å². The second-order valence-electron chi connectivity index (χ2n) is 3.96. The molecule has 0 saturated heterocycles. The number of hydrogen-bond acceptors (Lipinski definition) is 4. The summed E-state index contributed by atoms with van der Waals surface area (Å²) in [6.07, 6.45) is 1.34. The van der Waals surface area contributed by atoms with Gasteiger partial charge in [0.1, 0.15) is 5.75 Å². The topological polar surface area (TPSA) is 75.6 Å². The molecule has 1 aliphatic rings. The highest BCUT2D eigenvalue weighted by Crippen LogP contribution is 2.26. The lowest BCUT2D eigenvalue weighted by molar-refractivity contribution is -0.127. The molecule has 1 fully saturated rings. The summed E-state index contributed by atoms with van der Waals surface area (Å²) < 4.78 is 5.35. The number of thiophene rings is 1. The number of nitrogens with one attached hydrogen (secondary N) is 1. The molecule has 1 heterocycles. The van der Waals surface area contributed by atoms with Gasteiger partial charge in [0.2, 0.25) is 0 Å². The number of hydrogen-bond donors (Lipinski definition) is 2. The first-order valence-corrected chi connectivity index (χ1v) is 6.23. The molecule has 0 radical (unpaired) electrons. The Bertz CT molecular complexity index is 438. The number of aromatic carboxylic acids is 1. The Labute approximate surface area is 102 Å². The van der Waals surface area contributed by atoms with E-state index in [-0.39, 0.29) is 22.6 Å². The zero-order valence-electron chi connectivity index (χ0n) is 9.30. The molecule has 1 amide bonds. The van der Waals surface area contributed by atoms with Crippen molar-refractivity contribution in [3.05, 3.63) is 16.3 Å². The molecule has 6 heteroatoms. The van der Waals surface area contributed by atoms with Crippen LogP contribution in [0, 0.1) is 0 Å². The third kappa shape index (κ3) is 2.97. The number of rotatable bonds is 5. The summed E-state index contributed by atoms with van der Waals surface area (Å²) in [7, 11) is 0. The summed E-state index contributed by atoms with van der Waals surface area (Å²) >= 11 is 1.08. The summed E-state index contributed by atoms with van der Waals surface area (Å²) in [5.41, 5.74) is 0. The Morgan fingerprint density at radius 1 is 1.59 bits per heavy atom. The number of carbonyl (C=O) groups excluding carboxylic acids is 1. The number of carbonyl (C=O) groups is 2. The van der Waals surface area contributed by atoms with Gasteiger partial charge < -0.3 is 15.2 Å². The first kappa shape index (κ1) is 11.9. The minimum Gasteiger partial charge on any atom is -0.479 e. The molecular formula is C11H13NO4S. The zero-order valence-corrected chi connectivity index (χ0v) is 10.1. The van der Waals surface area contributed by atoms with Crippen LogP contribution >= 0.6 is 11.3 Å². The van der Waals surface area contributed by atoms with Gasteiger partial charge >= 0.3 is 5.97 Å². The molecule has 1 atom stereocenters. The second kappa shape index (κ2) is 4.75. The average molecular weight is 255 g/mol. The van der Waals surface area contributed by atoms with Crippen LogP contribution in [-0.4, -0.2) is 29.1 Å². The van der Waals surface area contributed by atoms with E-state index in [2.05, 4.69) is 5.32 Å². The van der Waals surface area contributed by atoms with Crippen LogP contribution in [0.25, 0.3) is 0 Å². The molecule has 1 saturated carbocycles. The minimum atomic E-state index is -1.04. The number of carboxylic acid groups (broad SMARTS) is 1. The first-order chi connectivity index (χ1) is 8.08. The maximum absolute atomic E-state index is 11.6. The lowest BCUT2D eigenvalue weighted by Crippen LogP contribution is -2.37. The highest BCUT2D eigenvalue weighted by Gasteiger charge is 2.27. The largest absolute Gasteiger partial charge is 0.479 e. The monoisotopic (exact) mass is 255 g/mol. The number of carboxylic acids is 1. The van der Waals surface area contributed by atoms with Gasteiger partial charge in [-0.3, -0.25) is 4.79 Å². The van der Waals surface area contributed by atoms with E-state index in [1.807, 2.05) is 0 Å². The molecule has 17 heavy (non-hydrogen) atoms. The molecule has 0 bridgehead atoms. The quantitative estimate of drug-likeness (QED) is 0.836. The van der Waals surface area contributed by atoms with Gasteiger partial charge in [0.05, 0.1) is 0 Å². The van der Waals surface area contributed by atoms with E-state index in [0.717, 1.165) is 24.2 Å². The van der Waals surface area contributed by atoms with E-state index < -0.39 is 12.1 Å². The highest BCUT2D eigenvalue weighted by atomic mass is 32.1. The SMILES string of the molecule is CC(Oc1ccsc1C(=O)O)C(=O)NC1CC1. The summed E-state index contributed by atoms with van der Waals surface area (Å²) in [6.45, 7) is 1.61. The lowest BCUT2D eigenvalue weighted by atomic mass is 10.3. The fourth-order valence-electron chi connectivity index (χ4n) is 1.34. The van der Waals surface area contributed by atoms with Crippen molar-refractivity contribution < 1.29 is 19.4 Å². The maximum atomic E-state index is 11.6. The van der Waals surface area contributed by atoms with Crippen LogP contribution < -0.4 is 10.1 Å². The Hall–Kier alpha value is -1.56. The standard InChI is InChI=1S/C11H13NO4S/c1-6(10(13)12-7-2-3-7)16-8-4-5-17-9(8)11(14)15/h4-7H,2-3H2,1H3,(H,12,13)(H,14,15). The van der Waals surface area contributed by atoms with Crippen molar-refractivity contribution >= 4 is 23.2 Å². The fourth-order valence-corrected chi connectivity index (χ4v) is 2.00. The number of ether oxygens (including phenoxy) is 1. The highest BCUT2D eigenvalue weighted by molar-refractivity contribution is 7.12. The molecule has 1 aliphatic carbocycles. The normalized spacial score (nSPS) is 16.3. The van der Waals surface area contributed by atoms with Crippen LogP contribution in [0.4, 0.5) is 0 Å². The van der Waals surface area contributed by atoms with Crippen LogP contribution in [0.2, 0.25) is 0 Å². The molecule has 2 N–H and O–H groups in total. The molecule has 1 unspecified atom stereocenters. The van der Waals surface area contributed by atoms with Crippen molar-refractivity contribution in [2.75, 3.05) is 0 Å². The van der Waals surface area contributed by atoms with Crippen molar-refractivity contribution in [2.24, 2.45) is 0 Å². The summed E-state index contributed by atoms with van der Waals surface area (Å²) in [5, 5.41) is 13.3. The molecule has 0 spiro atoms. The maximum Gasteiger partial charge on any atom is 0.349 e. The van der Waals surface area contributed by atoms with E-state index in [0.29, 0.717) is 0 Å². The van der Waals surface area contributed by atoms with Gasteiger partial charge in [-0.15, -0.1) is 11.3 Å². The first-order valence-electron chi connectivity index (χ1n) is 5.35. The van der Waals surface area contributed by atoms with Crippen molar-refractivity contribution in [2.45, 2.75) is 31.9 Å². The molecule has 0 aliphatic heterocycles. The summed E-state index contributed by atoms with van der Waals surface area (Å²) in [6, 6.07) is 1.84. The Balaban J connectivity index is 1.96. The van der Waals surface area contributed by atoms with Crippen molar-refractivity contribution in [1.29, 1.82) is 0 Å². The Morgan fingerprint density at radius 2 is 2.29 bits per heavy atom. The van der Waals surface area contributed by atoms with Crippen LogP contribution in [0.3, 0.4) is 0 Å². The third-order valence-corrected chi connectivity index (χ3v) is 3.30.